The van der Waals surface area contributed by atoms with Gasteiger partial charge in [-0.25, -0.2) is 23.4 Å². The van der Waals surface area contributed by atoms with Gasteiger partial charge in [0.05, 0.1) is 11.1 Å². The summed E-state index contributed by atoms with van der Waals surface area (Å²) in [5.74, 6) is -2.81. The van der Waals surface area contributed by atoms with Crippen molar-refractivity contribution in [3.8, 4) is 5.75 Å². The highest BCUT2D eigenvalue weighted by atomic mass is 19.1. The Morgan fingerprint density at radius 3 is 2.43 bits per heavy atom. The van der Waals surface area contributed by atoms with E-state index in [2.05, 4.69) is 4.99 Å². The van der Waals surface area contributed by atoms with E-state index in [4.69, 9.17) is 9.47 Å². The molecule has 5 nitrogen and oxygen atoms in total. The Bertz CT molecular complexity index is 1220. The predicted octanol–water partition coefficient (Wildman–Crippen LogP) is 4.53. The maximum Gasteiger partial charge on any atom is 0.363 e. The summed E-state index contributed by atoms with van der Waals surface area (Å²) < 4.78 is 37.9. The number of hydrogen-bond donors (Lipinski definition) is 0. The van der Waals surface area contributed by atoms with Crippen LogP contribution in [0, 0.1) is 11.6 Å². The number of esters is 2. The molecule has 3 aromatic rings. The van der Waals surface area contributed by atoms with Crippen LogP contribution in [0.4, 0.5) is 8.78 Å². The molecular weight excluding hydrogens is 392 g/mol. The number of carbonyl (C=O) groups excluding carboxylic acids is 2. The normalized spacial score (nSPS) is 14.4. The first-order valence-corrected chi connectivity index (χ1v) is 8.85. The molecular formula is C23H13F2NO4. The molecule has 4 rings (SSSR count). The monoisotopic (exact) mass is 405 g/mol. The van der Waals surface area contributed by atoms with Gasteiger partial charge in [0.15, 0.2) is 5.70 Å². The number of halogens is 2. The van der Waals surface area contributed by atoms with E-state index in [1.54, 1.807) is 18.2 Å². The minimum Gasteiger partial charge on any atom is -0.423 e. The summed E-state index contributed by atoms with van der Waals surface area (Å²) in [5.41, 5.74) is 0.326. The number of hydrogen-bond acceptors (Lipinski definition) is 5. The molecule has 0 bridgehead atoms. The van der Waals surface area contributed by atoms with E-state index < -0.39 is 23.6 Å². The smallest absolute Gasteiger partial charge is 0.363 e. The first kappa shape index (κ1) is 19.2. The zero-order valence-corrected chi connectivity index (χ0v) is 15.3. The highest BCUT2D eigenvalue weighted by molar-refractivity contribution is 6.13. The second-order valence-corrected chi connectivity index (χ2v) is 6.26. The molecule has 0 aromatic heterocycles. The number of aliphatic imine (C=N–C) groups is 1. The van der Waals surface area contributed by atoms with Crippen molar-refractivity contribution < 1.29 is 27.8 Å². The Balaban J connectivity index is 1.58. The summed E-state index contributed by atoms with van der Waals surface area (Å²) in [7, 11) is 0. The number of nitrogens with zero attached hydrogens (tertiary/aromatic N) is 1. The van der Waals surface area contributed by atoms with Crippen molar-refractivity contribution in [3.05, 3.63) is 107 Å². The van der Waals surface area contributed by atoms with Crippen molar-refractivity contribution in [2.75, 3.05) is 0 Å². The van der Waals surface area contributed by atoms with Gasteiger partial charge in [-0.2, -0.15) is 0 Å². The molecule has 0 saturated heterocycles. The van der Waals surface area contributed by atoms with Gasteiger partial charge in [0.2, 0.25) is 5.90 Å². The minimum atomic E-state index is -0.849. The topological polar surface area (TPSA) is 65.0 Å². The molecule has 0 fully saturated rings. The third kappa shape index (κ3) is 4.00. The second-order valence-electron chi connectivity index (χ2n) is 6.26. The molecule has 0 saturated carbocycles. The molecule has 1 aliphatic heterocycles. The Labute approximate surface area is 169 Å². The van der Waals surface area contributed by atoms with Crippen molar-refractivity contribution in [3.63, 3.8) is 0 Å². The van der Waals surface area contributed by atoms with Crippen LogP contribution in [0.25, 0.3) is 6.08 Å². The Morgan fingerprint density at radius 2 is 1.67 bits per heavy atom. The minimum absolute atomic E-state index is 0.0363. The Kier molecular flexibility index (Phi) is 5.17. The molecule has 148 valence electrons. The predicted molar refractivity (Wildman–Crippen MR) is 105 cm³/mol. The third-order valence-electron chi connectivity index (χ3n) is 4.19. The Hall–Kier alpha value is -4.13. The average Bonchev–Trinajstić information content (AvgIpc) is 3.09. The van der Waals surface area contributed by atoms with Crippen molar-refractivity contribution in [2.24, 2.45) is 4.99 Å². The summed E-state index contributed by atoms with van der Waals surface area (Å²) in [6, 6.07) is 17.5. The van der Waals surface area contributed by atoms with Crippen LogP contribution in [-0.4, -0.2) is 17.8 Å². The second kappa shape index (κ2) is 8.08. The lowest BCUT2D eigenvalue weighted by Gasteiger charge is -2.06. The molecule has 1 heterocycles. The van der Waals surface area contributed by atoms with E-state index >= 15 is 0 Å². The van der Waals surface area contributed by atoms with Crippen LogP contribution in [0.3, 0.4) is 0 Å². The molecule has 0 aliphatic carbocycles. The van der Waals surface area contributed by atoms with Gasteiger partial charge >= 0.3 is 11.9 Å². The van der Waals surface area contributed by atoms with Crippen LogP contribution in [-0.2, 0) is 9.53 Å². The lowest BCUT2D eigenvalue weighted by atomic mass is 10.2. The fourth-order valence-corrected chi connectivity index (χ4v) is 2.77. The van der Waals surface area contributed by atoms with Gasteiger partial charge in [0, 0.05) is 0 Å². The number of cyclic esters (lactones) is 1. The third-order valence-corrected chi connectivity index (χ3v) is 4.19. The number of carbonyl (C=O) groups is 2. The highest BCUT2D eigenvalue weighted by Crippen LogP contribution is 2.23. The molecule has 0 radical (unpaired) electrons. The highest BCUT2D eigenvalue weighted by Gasteiger charge is 2.26. The van der Waals surface area contributed by atoms with E-state index in [1.165, 1.54) is 54.6 Å². The quantitative estimate of drug-likeness (QED) is 0.364. The zero-order chi connectivity index (χ0) is 21.1. The molecule has 0 atom stereocenters. The van der Waals surface area contributed by atoms with E-state index in [0.29, 0.717) is 5.56 Å². The maximum atomic E-state index is 13.9. The standard InChI is InChI=1S/C23H13F2NO4/c24-18-10-3-1-8-16(18)21-26-20(23(28)30-21)13-14-6-5-7-15(12-14)29-22(27)17-9-2-4-11-19(17)25/h1-13H/b20-13-. The van der Waals surface area contributed by atoms with E-state index in [-0.39, 0.29) is 28.5 Å². The molecule has 0 N–H and O–H groups in total. The molecule has 30 heavy (non-hydrogen) atoms. The Morgan fingerprint density at radius 1 is 0.933 bits per heavy atom. The molecule has 0 spiro atoms. The fraction of sp³-hybridized carbons (Fsp3) is 0. The molecule has 0 amide bonds. The fourth-order valence-electron chi connectivity index (χ4n) is 2.77. The van der Waals surface area contributed by atoms with Crippen LogP contribution in [0.15, 0.2) is 83.5 Å². The van der Waals surface area contributed by atoms with Gasteiger partial charge in [-0.05, 0) is 48.0 Å². The summed E-state index contributed by atoms with van der Waals surface area (Å²) in [6.07, 6.45) is 1.41. The van der Waals surface area contributed by atoms with Crippen LogP contribution >= 0.6 is 0 Å². The van der Waals surface area contributed by atoms with E-state index in [9.17, 15) is 18.4 Å². The maximum absolute atomic E-state index is 13.9. The number of benzene rings is 3. The van der Waals surface area contributed by atoms with Gasteiger partial charge in [0.25, 0.3) is 0 Å². The SMILES string of the molecule is O=C1OC(c2ccccc2F)=N/C1=C\c1cccc(OC(=O)c2ccccc2F)c1. The van der Waals surface area contributed by atoms with Crippen molar-refractivity contribution in [1.29, 1.82) is 0 Å². The molecule has 0 unspecified atom stereocenters. The van der Waals surface area contributed by atoms with E-state index in [0.717, 1.165) is 6.07 Å². The van der Waals surface area contributed by atoms with E-state index in [1.807, 2.05) is 0 Å². The summed E-state index contributed by atoms with van der Waals surface area (Å²) in [5, 5.41) is 0. The van der Waals surface area contributed by atoms with Gasteiger partial charge in [-0.1, -0.05) is 36.4 Å². The van der Waals surface area contributed by atoms with Crippen molar-refractivity contribution in [2.45, 2.75) is 0 Å². The van der Waals surface area contributed by atoms with Crippen LogP contribution < -0.4 is 4.74 Å². The lowest BCUT2D eigenvalue weighted by molar-refractivity contribution is -0.129. The first-order chi connectivity index (χ1) is 14.5. The van der Waals surface area contributed by atoms with Gasteiger partial charge in [-0.3, -0.25) is 0 Å². The molecule has 1 aliphatic rings. The first-order valence-electron chi connectivity index (χ1n) is 8.85. The van der Waals surface area contributed by atoms with Gasteiger partial charge < -0.3 is 9.47 Å². The van der Waals surface area contributed by atoms with Crippen molar-refractivity contribution >= 4 is 23.9 Å². The lowest BCUT2D eigenvalue weighted by Crippen LogP contribution is -2.10. The number of ether oxygens (including phenoxy) is 2. The summed E-state index contributed by atoms with van der Waals surface area (Å²) in [4.78, 5) is 28.3. The summed E-state index contributed by atoms with van der Waals surface area (Å²) >= 11 is 0. The molecule has 7 heteroatoms. The largest absolute Gasteiger partial charge is 0.423 e. The van der Waals surface area contributed by atoms with Crippen LogP contribution in [0.2, 0.25) is 0 Å². The molecule has 3 aromatic carbocycles. The zero-order valence-electron chi connectivity index (χ0n) is 15.3. The van der Waals surface area contributed by atoms with Gasteiger partial charge in [-0.15, -0.1) is 0 Å². The number of rotatable bonds is 4. The summed E-state index contributed by atoms with van der Waals surface area (Å²) in [6.45, 7) is 0. The van der Waals surface area contributed by atoms with Crippen LogP contribution in [0.1, 0.15) is 21.5 Å². The van der Waals surface area contributed by atoms with Gasteiger partial charge in [0.1, 0.15) is 17.4 Å². The van der Waals surface area contributed by atoms with Crippen molar-refractivity contribution in [1.82, 2.24) is 0 Å². The average molecular weight is 405 g/mol. The van der Waals surface area contributed by atoms with Crippen LogP contribution in [0.5, 0.6) is 5.75 Å².